The average Bonchev–Trinajstić information content (AvgIpc) is 3.28. The molecular formula is C22H20N8O. The van der Waals surface area contributed by atoms with E-state index in [0.717, 1.165) is 28.4 Å². The van der Waals surface area contributed by atoms with E-state index in [1.54, 1.807) is 6.08 Å². The number of para-hydroxylation sites is 1. The number of hydrogen-bond donors (Lipinski definition) is 2. The predicted molar refractivity (Wildman–Crippen MR) is 117 cm³/mol. The van der Waals surface area contributed by atoms with Crippen LogP contribution in [-0.4, -0.2) is 24.7 Å². The van der Waals surface area contributed by atoms with Crippen molar-refractivity contribution >= 4 is 29.2 Å². The maximum Gasteiger partial charge on any atom is 0.232 e. The Kier molecular flexibility index (Phi) is 5.20. The fourth-order valence-corrected chi connectivity index (χ4v) is 3.27. The van der Waals surface area contributed by atoms with E-state index in [4.69, 9.17) is 10.3 Å². The van der Waals surface area contributed by atoms with Crippen molar-refractivity contribution in [3.63, 3.8) is 0 Å². The molecular weight excluding hydrogens is 392 g/mol. The van der Waals surface area contributed by atoms with Crippen LogP contribution in [0.3, 0.4) is 0 Å². The number of nitrogen functional groups attached to an aromatic ring is 1. The van der Waals surface area contributed by atoms with Crippen molar-refractivity contribution in [3.05, 3.63) is 71.0 Å². The Bertz CT molecular complexity index is 1310. The number of benzene rings is 1. The van der Waals surface area contributed by atoms with Crippen LogP contribution in [0.4, 0.5) is 17.6 Å². The lowest BCUT2D eigenvalue weighted by molar-refractivity contribution is 0.394. The Morgan fingerprint density at radius 2 is 1.90 bits per heavy atom. The highest BCUT2D eigenvalue weighted by Gasteiger charge is 2.15. The molecule has 0 amide bonds. The number of allylic oxidation sites excluding steroid dienone is 1. The van der Waals surface area contributed by atoms with Crippen molar-refractivity contribution < 1.29 is 4.52 Å². The predicted octanol–water partition coefficient (Wildman–Crippen LogP) is 3.97. The minimum atomic E-state index is 0.0214. The van der Waals surface area contributed by atoms with Crippen molar-refractivity contribution in [1.29, 1.82) is 5.26 Å². The van der Waals surface area contributed by atoms with Gasteiger partial charge in [0.15, 0.2) is 11.6 Å². The normalized spacial score (nSPS) is 11.4. The van der Waals surface area contributed by atoms with E-state index in [9.17, 15) is 5.26 Å². The quantitative estimate of drug-likeness (QED) is 0.471. The van der Waals surface area contributed by atoms with E-state index >= 15 is 0 Å². The van der Waals surface area contributed by atoms with Crippen LogP contribution in [-0.2, 0) is 0 Å². The summed E-state index contributed by atoms with van der Waals surface area (Å²) in [4.78, 5) is 12.6. The van der Waals surface area contributed by atoms with Gasteiger partial charge in [0.2, 0.25) is 11.9 Å². The van der Waals surface area contributed by atoms with Crippen LogP contribution in [0.25, 0.3) is 17.5 Å². The van der Waals surface area contributed by atoms with Crippen LogP contribution in [0.1, 0.15) is 28.5 Å². The molecule has 0 aliphatic rings. The van der Waals surface area contributed by atoms with E-state index in [-0.39, 0.29) is 23.3 Å². The Morgan fingerprint density at radius 1 is 1.13 bits per heavy atom. The second-order valence-corrected chi connectivity index (χ2v) is 6.96. The monoisotopic (exact) mass is 412 g/mol. The molecule has 154 valence electrons. The Labute approximate surface area is 178 Å². The van der Waals surface area contributed by atoms with Gasteiger partial charge in [-0.3, -0.25) is 4.57 Å². The molecule has 9 nitrogen and oxygen atoms in total. The number of hydrogen-bond acceptors (Lipinski definition) is 8. The second-order valence-electron chi connectivity index (χ2n) is 6.96. The topological polar surface area (TPSA) is 131 Å². The summed E-state index contributed by atoms with van der Waals surface area (Å²) >= 11 is 0. The maximum atomic E-state index is 9.79. The highest BCUT2D eigenvalue weighted by atomic mass is 16.5. The van der Waals surface area contributed by atoms with E-state index in [2.05, 4.69) is 31.5 Å². The molecule has 3 aromatic heterocycles. The fourth-order valence-electron chi connectivity index (χ4n) is 3.27. The van der Waals surface area contributed by atoms with E-state index in [0.29, 0.717) is 5.82 Å². The van der Waals surface area contributed by atoms with Gasteiger partial charge in [0.25, 0.3) is 0 Å². The smallest absolute Gasteiger partial charge is 0.232 e. The lowest BCUT2D eigenvalue weighted by atomic mass is 10.1. The number of aryl methyl sites for hydroxylation is 2. The molecule has 4 aromatic rings. The van der Waals surface area contributed by atoms with Crippen molar-refractivity contribution in [2.45, 2.75) is 20.8 Å². The molecule has 0 bridgehead atoms. The molecule has 3 heterocycles. The molecule has 0 spiro atoms. The van der Waals surface area contributed by atoms with Gasteiger partial charge >= 0.3 is 0 Å². The highest BCUT2D eigenvalue weighted by molar-refractivity contribution is 5.88. The first-order valence-corrected chi connectivity index (χ1v) is 9.53. The first-order valence-electron chi connectivity index (χ1n) is 9.53. The summed E-state index contributed by atoms with van der Waals surface area (Å²) in [5.74, 6) is 1.88. The van der Waals surface area contributed by atoms with Gasteiger partial charge in [0.1, 0.15) is 11.8 Å². The second kappa shape index (κ2) is 8.12. The van der Waals surface area contributed by atoms with Gasteiger partial charge in [-0.1, -0.05) is 23.4 Å². The largest absolute Gasteiger partial charge is 0.368 e. The van der Waals surface area contributed by atoms with Gasteiger partial charge in [-0.25, -0.2) is 0 Å². The number of nitrogens with zero attached hydrogens (tertiary/aromatic N) is 6. The van der Waals surface area contributed by atoms with Crippen LogP contribution in [0.15, 0.2) is 47.0 Å². The van der Waals surface area contributed by atoms with Gasteiger partial charge in [0.05, 0.1) is 5.57 Å². The molecule has 4 rings (SSSR count). The number of nitriles is 1. The molecule has 9 heteroatoms. The summed E-state index contributed by atoms with van der Waals surface area (Å²) in [6.07, 6.45) is 1.73. The molecule has 0 radical (unpaired) electrons. The molecule has 31 heavy (non-hydrogen) atoms. The van der Waals surface area contributed by atoms with Crippen molar-refractivity contribution in [2.24, 2.45) is 0 Å². The van der Waals surface area contributed by atoms with E-state index in [1.807, 2.05) is 67.8 Å². The van der Waals surface area contributed by atoms with E-state index < -0.39 is 0 Å². The molecule has 0 unspecified atom stereocenters. The molecule has 0 fully saturated rings. The van der Waals surface area contributed by atoms with Crippen LogP contribution in [0.2, 0.25) is 0 Å². The van der Waals surface area contributed by atoms with Crippen LogP contribution in [0.5, 0.6) is 0 Å². The highest BCUT2D eigenvalue weighted by Crippen LogP contribution is 2.25. The zero-order valence-corrected chi connectivity index (χ0v) is 17.3. The number of nitrogens with one attached hydrogen (secondary N) is 1. The number of anilines is 3. The molecule has 3 N–H and O–H groups in total. The summed E-state index contributed by atoms with van der Waals surface area (Å²) in [5, 5.41) is 16.9. The minimum absolute atomic E-state index is 0.0214. The van der Waals surface area contributed by atoms with Gasteiger partial charge in [-0.15, -0.1) is 0 Å². The zero-order chi connectivity index (χ0) is 22.0. The molecule has 0 aliphatic carbocycles. The lowest BCUT2D eigenvalue weighted by Gasteiger charge is -2.07. The third-order valence-corrected chi connectivity index (χ3v) is 4.66. The number of rotatable bonds is 5. The third-order valence-electron chi connectivity index (χ3n) is 4.66. The van der Waals surface area contributed by atoms with Crippen molar-refractivity contribution in [1.82, 2.24) is 24.7 Å². The molecule has 0 atom stereocenters. The standard InChI is InChI=1S/C22H20N8O/c1-13-9-16(15(3)30(13)19-10-14(2)31-29-19)11-17(12-23)20-26-21(24)28-22(27-20)25-18-7-5-4-6-8-18/h4-11H,1-3H3,(H3,24,25,26,27,28)/b17-11+. The zero-order valence-electron chi connectivity index (χ0n) is 17.3. The lowest BCUT2D eigenvalue weighted by Crippen LogP contribution is -2.06. The summed E-state index contributed by atoms with van der Waals surface area (Å²) < 4.78 is 7.16. The van der Waals surface area contributed by atoms with Gasteiger partial charge in [0, 0.05) is 23.1 Å². The van der Waals surface area contributed by atoms with Crippen molar-refractivity contribution in [2.75, 3.05) is 11.1 Å². The van der Waals surface area contributed by atoms with Crippen LogP contribution >= 0.6 is 0 Å². The summed E-state index contributed by atoms with van der Waals surface area (Å²) in [6, 6.07) is 15.4. The summed E-state index contributed by atoms with van der Waals surface area (Å²) in [6.45, 7) is 5.75. The first-order chi connectivity index (χ1) is 14.9. The summed E-state index contributed by atoms with van der Waals surface area (Å²) in [7, 11) is 0. The first kappa shape index (κ1) is 19.8. The molecule has 0 saturated heterocycles. The fraction of sp³-hybridized carbons (Fsp3) is 0.136. The number of aromatic nitrogens is 5. The average molecular weight is 412 g/mol. The Morgan fingerprint density at radius 3 is 2.58 bits per heavy atom. The molecule has 1 aromatic carbocycles. The third kappa shape index (κ3) is 4.13. The van der Waals surface area contributed by atoms with Gasteiger partial charge in [-0.2, -0.15) is 20.2 Å². The Balaban J connectivity index is 1.72. The SMILES string of the molecule is Cc1cc(-n2c(C)cc(/C=C(\C#N)c3nc(N)nc(Nc4ccccc4)n3)c2C)no1. The number of nitrogens with two attached hydrogens (primary N) is 1. The van der Waals surface area contributed by atoms with Gasteiger partial charge in [-0.05, 0) is 50.6 Å². The van der Waals surface area contributed by atoms with Crippen LogP contribution < -0.4 is 11.1 Å². The summed E-state index contributed by atoms with van der Waals surface area (Å²) in [5.41, 5.74) is 9.64. The van der Waals surface area contributed by atoms with Crippen molar-refractivity contribution in [3.8, 4) is 11.9 Å². The molecule has 0 aliphatic heterocycles. The minimum Gasteiger partial charge on any atom is -0.368 e. The molecule has 0 saturated carbocycles. The Hall–Kier alpha value is -4.45. The van der Waals surface area contributed by atoms with Gasteiger partial charge < -0.3 is 15.6 Å². The van der Waals surface area contributed by atoms with E-state index in [1.165, 1.54) is 0 Å². The maximum absolute atomic E-state index is 9.79. The van der Waals surface area contributed by atoms with Crippen LogP contribution in [0, 0.1) is 32.1 Å².